The number of hydrogen-bond donors (Lipinski definition) is 0. The summed E-state index contributed by atoms with van der Waals surface area (Å²) in [6, 6.07) is 0. The van der Waals surface area contributed by atoms with Crippen molar-refractivity contribution in [2.24, 2.45) is 0 Å². The van der Waals surface area contributed by atoms with E-state index in [-0.39, 0.29) is 6.10 Å². The van der Waals surface area contributed by atoms with Crippen molar-refractivity contribution in [1.29, 1.82) is 0 Å². The molecule has 0 radical (unpaired) electrons. The monoisotopic (exact) mass is 302 g/mol. The molecule has 1 aliphatic heterocycles. The van der Waals surface area contributed by atoms with Crippen LogP contribution in [0.15, 0.2) is 12.7 Å². The van der Waals surface area contributed by atoms with E-state index in [1.807, 2.05) is 6.08 Å². The lowest BCUT2D eigenvalue weighted by molar-refractivity contribution is -0.0491. The van der Waals surface area contributed by atoms with Gasteiger partial charge in [-0.3, -0.25) is 0 Å². The fourth-order valence-electron chi connectivity index (χ4n) is 2.02. The van der Waals surface area contributed by atoms with E-state index in [4.69, 9.17) is 23.7 Å². The summed E-state index contributed by atoms with van der Waals surface area (Å²) in [5, 5.41) is 0. The van der Waals surface area contributed by atoms with Gasteiger partial charge in [0.15, 0.2) is 0 Å². The third kappa shape index (κ3) is 11.8. The van der Waals surface area contributed by atoms with Crippen molar-refractivity contribution in [3.05, 3.63) is 12.7 Å². The van der Waals surface area contributed by atoms with Crippen molar-refractivity contribution in [3.8, 4) is 0 Å². The maximum Gasteiger partial charge on any atom is 0.0809 e. The summed E-state index contributed by atoms with van der Waals surface area (Å²) in [5.74, 6) is 0. The summed E-state index contributed by atoms with van der Waals surface area (Å²) in [4.78, 5) is 0. The Hall–Kier alpha value is -0.460. The lowest BCUT2D eigenvalue weighted by atomic mass is 10.1. The van der Waals surface area contributed by atoms with Gasteiger partial charge in [0.2, 0.25) is 0 Å². The van der Waals surface area contributed by atoms with Gasteiger partial charge in [-0.2, -0.15) is 0 Å². The van der Waals surface area contributed by atoms with Gasteiger partial charge in [-0.1, -0.05) is 12.5 Å². The third-order valence-electron chi connectivity index (χ3n) is 3.19. The zero-order valence-corrected chi connectivity index (χ0v) is 13.1. The van der Waals surface area contributed by atoms with Gasteiger partial charge in [0, 0.05) is 0 Å². The predicted octanol–water partition coefficient (Wildman–Crippen LogP) is 2.20. The first-order valence-electron chi connectivity index (χ1n) is 7.97. The lowest BCUT2D eigenvalue weighted by Gasteiger charge is -2.18. The Labute approximate surface area is 128 Å². The first-order chi connectivity index (χ1) is 10.4. The Kier molecular flexibility index (Phi) is 12.8. The first kappa shape index (κ1) is 18.6. The van der Waals surface area contributed by atoms with Crippen molar-refractivity contribution in [2.75, 3.05) is 59.5 Å². The van der Waals surface area contributed by atoms with Crippen molar-refractivity contribution >= 4 is 0 Å². The van der Waals surface area contributed by atoms with E-state index in [0.717, 1.165) is 25.7 Å². The van der Waals surface area contributed by atoms with Gasteiger partial charge >= 0.3 is 0 Å². The molecule has 0 amide bonds. The minimum atomic E-state index is 0.139. The molecule has 1 unspecified atom stereocenters. The number of hydrogen-bond acceptors (Lipinski definition) is 5. The van der Waals surface area contributed by atoms with Crippen LogP contribution in [-0.4, -0.2) is 65.6 Å². The van der Waals surface area contributed by atoms with Gasteiger partial charge in [0.05, 0.1) is 65.6 Å². The predicted molar refractivity (Wildman–Crippen MR) is 81.7 cm³/mol. The highest BCUT2D eigenvalue weighted by Gasteiger charge is 2.09. The van der Waals surface area contributed by atoms with E-state index in [1.165, 1.54) is 0 Å². The molecule has 0 aromatic carbocycles. The van der Waals surface area contributed by atoms with Crippen molar-refractivity contribution in [3.63, 3.8) is 0 Å². The molecule has 0 bridgehead atoms. The van der Waals surface area contributed by atoms with Crippen LogP contribution in [0.5, 0.6) is 0 Å². The Morgan fingerprint density at radius 3 is 1.95 bits per heavy atom. The summed E-state index contributed by atoms with van der Waals surface area (Å²) in [6.45, 7) is 9.17. The van der Waals surface area contributed by atoms with Gasteiger partial charge in [-0.25, -0.2) is 0 Å². The van der Waals surface area contributed by atoms with Crippen LogP contribution in [-0.2, 0) is 23.7 Å². The molecule has 124 valence electrons. The molecule has 5 nitrogen and oxygen atoms in total. The number of rotatable bonds is 5. The molecular weight excluding hydrogens is 272 g/mol. The van der Waals surface area contributed by atoms with Crippen molar-refractivity contribution in [2.45, 2.75) is 31.8 Å². The smallest absolute Gasteiger partial charge is 0.0809 e. The minimum absolute atomic E-state index is 0.139. The molecule has 21 heavy (non-hydrogen) atoms. The maximum absolute atomic E-state index is 5.84. The fourth-order valence-corrected chi connectivity index (χ4v) is 2.02. The van der Waals surface area contributed by atoms with E-state index in [9.17, 15) is 0 Å². The summed E-state index contributed by atoms with van der Waals surface area (Å²) >= 11 is 0. The number of unbranched alkanes of at least 4 members (excludes halogenated alkanes) is 2. The molecule has 0 aromatic rings. The van der Waals surface area contributed by atoms with Crippen LogP contribution in [0.1, 0.15) is 25.7 Å². The Bertz CT molecular complexity index is 219. The highest BCUT2D eigenvalue weighted by Crippen LogP contribution is 2.08. The Morgan fingerprint density at radius 1 is 0.762 bits per heavy atom. The molecule has 1 saturated heterocycles. The van der Waals surface area contributed by atoms with E-state index >= 15 is 0 Å². The number of allylic oxidation sites excluding steroid dienone is 1. The molecule has 1 rings (SSSR count). The lowest BCUT2D eigenvalue weighted by Crippen LogP contribution is -2.23. The van der Waals surface area contributed by atoms with Gasteiger partial charge in [-0.05, 0) is 19.3 Å². The summed E-state index contributed by atoms with van der Waals surface area (Å²) in [5.41, 5.74) is 0. The highest BCUT2D eigenvalue weighted by atomic mass is 16.6. The van der Waals surface area contributed by atoms with Crippen LogP contribution >= 0.6 is 0 Å². The molecular formula is C16H30O5. The Balaban J connectivity index is 2.21. The first-order valence-corrected chi connectivity index (χ1v) is 7.97. The summed E-state index contributed by atoms with van der Waals surface area (Å²) < 4.78 is 27.7. The van der Waals surface area contributed by atoms with Crippen LogP contribution in [0, 0.1) is 0 Å². The maximum atomic E-state index is 5.84. The molecule has 5 heteroatoms. The molecule has 0 N–H and O–H groups in total. The molecule has 0 aromatic heterocycles. The molecule has 0 aliphatic carbocycles. The van der Waals surface area contributed by atoms with Gasteiger partial charge in [0.1, 0.15) is 0 Å². The average Bonchev–Trinajstić information content (AvgIpc) is 2.51. The highest BCUT2D eigenvalue weighted by molar-refractivity contribution is 4.67. The van der Waals surface area contributed by atoms with Gasteiger partial charge in [0.25, 0.3) is 0 Å². The van der Waals surface area contributed by atoms with E-state index in [2.05, 4.69) is 6.58 Å². The minimum Gasteiger partial charge on any atom is -0.377 e. The van der Waals surface area contributed by atoms with Crippen LogP contribution in [0.4, 0.5) is 0 Å². The SMILES string of the molecule is C=CCCCCC1COCCOCCOCCOCCO1. The Morgan fingerprint density at radius 2 is 1.33 bits per heavy atom. The fraction of sp³-hybridized carbons (Fsp3) is 0.875. The molecule has 1 aliphatic rings. The van der Waals surface area contributed by atoms with Crippen LogP contribution in [0.3, 0.4) is 0 Å². The third-order valence-corrected chi connectivity index (χ3v) is 3.19. The van der Waals surface area contributed by atoms with Crippen LogP contribution < -0.4 is 0 Å². The molecule has 0 spiro atoms. The van der Waals surface area contributed by atoms with Gasteiger partial charge in [-0.15, -0.1) is 6.58 Å². The zero-order valence-electron chi connectivity index (χ0n) is 13.1. The van der Waals surface area contributed by atoms with E-state index in [1.54, 1.807) is 0 Å². The second kappa shape index (κ2) is 14.5. The van der Waals surface area contributed by atoms with E-state index in [0.29, 0.717) is 59.5 Å². The van der Waals surface area contributed by atoms with Crippen LogP contribution in [0.25, 0.3) is 0 Å². The van der Waals surface area contributed by atoms with Crippen LogP contribution in [0.2, 0.25) is 0 Å². The van der Waals surface area contributed by atoms with Crippen molar-refractivity contribution < 1.29 is 23.7 Å². The second-order valence-corrected chi connectivity index (χ2v) is 4.98. The molecule has 1 fully saturated rings. The quantitative estimate of drug-likeness (QED) is 0.575. The average molecular weight is 302 g/mol. The molecule has 1 heterocycles. The summed E-state index contributed by atoms with van der Waals surface area (Å²) in [7, 11) is 0. The van der Waals surface area contributed by atoms with Crippen molar-refractivity contribution in [1.82, 2.24) is 0 Å². The summed E-state index contributed by atoms with van der Waals surface area (Å²) in [6.07, 6.45) is 6.45. The standard InChI is InChI=1S/C16H30O5/c1-2-3-4-5-6-16-15-20-12-11-18-8-7-17-9-10-19-13-14-21-16/h2,16H,1,3-15H2. The van der Waals surface area contributed by atoms with Gasteiger partial charge < -0.3 is 23.7 Å². The normalized spacial score (nSPS) is 23.9. The topological polar surface area (TPSA) is 46.2 Å². The van der Waals surface area contributed by atoms with E-state index < -0.39 is 0 Å². The number of ether oxygens (including phenoxy) is 5. The largest absolute Gasteiger partial charge is 0.377 e. The molecule has 1 atom stereocenters. The zero-order chi connectivity index (χ0) is 15.0. The molecule has 0 saturated carbocycles. The second-order valence-electron chi connectivity index (χ2n) is 4.98.